The van der Waals surface area contributed by atoms with E-state index in [2.05, 4.69) is 20.2 Å². The Hall–Kier alpha value is -3.00. The van der Waals surface area contributed by atoms with Crippen LogP contribution in [0.5, 0.6) is 0 Å². The Morgan fingerprint density at radius 3 is 2.67 bits per heavy atom. The van der Waals surface area contributed by atoms with Crippen LogP contribution >= 0.6 is 0 Å². The molecule has 1 aromatic carbocycles. The number of anilines is 2. The van der Waals surface area contributed by atoms with Gasteiger partial charge in [0, 0.05) is 13.1 Å². The summed E-state index contributed by atoms with van der Waals surface area (Å²) in [6.45, 7) is 5.95. The standard InChI is InChI=1S/C19H19FN4O3/c1-11-15(18(25)23-14-6-4-3-5-13(14)20)16-17(24-7-9-26-10-8-24)21-12(2)22-19(16)27-11/h3-6H,7-10H2,1-2H3,(H,23,25). The van der Waals surface area contributed by atoms with Crippen LogP contribution in [0.2, 0.25) is 0 Å². The minimum Gasteiger partial charge on any atom is -0.442 e. The summed E-state index contributed by atoms with van der Waals surface area (Å²) >= 11 is 0. The Labute approximate surface area is 155 Å². The predicted molar refractivity (Wildman–Crippen MR) is 98.7 cm³/mol. The fourth-order valence-corrected chi connectivity index (χ4v) is 3.22. The maximum absolute atomic E-state index is 13.9. The topological polar surface area (TPSA) is 80.5 Å². The van der Waals surface area contributed by atoms with Gasteiger partial charge in [0.15, 0.2) is 0 Å². The number of halogens is 1. The first-order chi connectivity index (χ1) is 13.0. The van der Waals surface area contributed by atoms with Crippen LogP contribution in [0.25, 0.3) is 11.1 Å². The molecular weight excluding hydrogens is 351 g/mol. The molecule has 1 saturated heterocycles. The highest BCUT2D eigenvalue weighted by Crippen LogP contribution is 2.33. The highest BCUT2D eigenvalue weighted by Gasteiger charge is 2.27. The van der Waals surface area contributed by atoms with Crippen LogP contribution in [0.15, 0.2) is 28.7 Å². The van der Waals surface area contributed by atoms with E-state index in [-0.39, 0.29) is 5.69 Å². The Morgan fingerprint density at radius 1 is 1.19 bits per heavy atom. The second-order valence-electron chi connectivity index (χ2n) is 6.34. The molecule has 7 nitrogen and oxygen atoms in total. The molecular formula is C19H19FN4O3. The summed E-state index contributed by atoms with van der Waals surface area (Å²) in [6.07, 6.45) is 0. The summed E-state index contributed by atoms with van der Waals surface area (Å²) in [6, 6.07) is 6.03. The van der Waals surface area contributed by atoms with Gasteiger partial charge in [0.2, 0.25) is 5.71 Å². The molecule has 1 aliphatic heterocycles. The molecule has 1 fully saturated rings. The van der Waals surface area contributed by atoms with Gasteiger partial charge in [-0.2, -0.15) is 4.98 Å². The van der Waals surface area contributed by atoms with Gasteiger partial charge < -0.3 is 19.4 Å². The number of aromatic nitrogens is 2. The molecule has 0 spiro atoms. The van der Waals surface area contributed by atoms with Crippen molar-refractivity contribution in [2.45, 2.75) is 13.8 Å². The molecule has 1 aliphatic rings. The third kappa shape index (κ3) is 3.23. The molecule has 3 heterocycles. The van der Waals surface area contributed by atoms with Crippen molar-refractivity contribution >= 4 is 28.5 Å². The number of fused-ring (bicyclic) bond motifs is 1. The minimum absolute atomic E-state index is 0.109. The van der Waals surface area contributed by atoms with E-state index in [0.717, 1.165) is 0 Å². The number of morpholine rings is 1. The summed E-state index contributed by atoms with van der Waals surface area (Å²) in [7, 11) is 0. The fourth-order valence-electron chi connectivity index (χ4n) is 3.22. The van der Waals surface area contributed by atoms with E-state index in [9.17, 15) is 9.18 Å². The zero-order valence-corrected chi connectivity index (χ0v) is 15.1. The number of para-hydroxylation sites is 1. The number of hydrogen-bond donors (Lipinski definition) is 1. The molecule has 8 heteroatoms. The van der Waals surface area contributed by atoms with Gasteiger partial charge in [-0.15, -0.1) is 0 Å². The van der Waals surface area contributed by atoms with Crippen LogP contribution in [-0.2, 0) is 4.74 Å². The second-order valence-corrected chi connectivity index (χ2v) is 6.34. The smallest absolute Gasteiger partial charge is 0.260 e. The van der Waals surface area contributed by atoms with Gasteiger partial charge in [-0.05, 0) is 26.0 Å². The quantitative estimate of drug-likeness (QED) is 0.763. The van der Waals surface area contributed by atoms with Gasteiger partial charge in [0.1, 0.15) is 23.2 Å². The van der Waals surface area contributed by atoms with E-state index in [4.69, 9.17) is 9.15 Å². The van der Waals surface area contributed by atoms with Gasteiger partial charge >= 0.3 is 0 Å². The molecule has 0 aliphatic carbocycles. The Bertz CT molecular complexity index is 1010. The summed E-state index contributed by atoms with van der Waals surface area (Å²) in [5, 5.41) is 3.15. The lowest BCUT2D eigenvalue weighted by molar-refractivity contribution is 0.102. The molecule has 0 atom stereocenters. The van der Waals surface area contributed by atoms with E-state index >= 15 is 0 Å². The number of ether oxygens (including phenoxy) is 1. The third-order valence-electron chi connectivity index (χ3n) is 4.48. The number of furan rings is 1. The Balaban J connectivity index is 1.81. The fraction of sp³-hybridized carbons (Fsp3) is 0.316. The summed E-state index contributed by atoms with van der Waals surface area (Å²) in [5.74, 6) is 0.637. The van der Waals surface area contributed by atoms with Crippen molar-refractivity contribution in [3.8, 4) is 0 Å². The number of benzene rings is 1. The molecule has 0 bridgehead atoms. The van der Waals surface area contributed by atoms with Crippen LogP contribution in [0.1, 0.15) is 21.9 Å². The van der Waals surface area contributed by atoms with Crippen molar-refractivity contribution in [3.05, 3.63) is 47.2 Å². The third-order valence-corrected chi connectivity index (χ3v) is 4.48. The number of carbonyl (C=O) groups is 1. The molecule has 27 heavy (non-hydrogen) atoms. The van der Waals surface area contributed by atoms with Gasteiger partial charge in [-0.1, -0.05) is 12.1 Å². The SMILES string of the molecule is Cc1nc(N2CCOCC2)c2c(C(=O)Nc3ccccc3F)c(C)oc2n1. The number of nitrogens with one attached hydrogen (secondary N) is 1. The summed E-state index contributed by atoms with van der Waals surface area (Å²) < 4.78 is 25.1. The molecule has 140 valence electrons. The molecule has 3 aromatic rings. The highest BCUT2D eigenvalue weighted by atomic mass is 19.1. The van der Waals surface area contributed by atoms with E-state index in [1.165, 1.54) is 12.1 Å². The molecule has 1 N–H and O–H groups in total. The molecule has 2 aromatic heterocycles. The summed E-state index contributed by atoms with van der Waals surface area (Å²) in [5.41, 5.74) is 0.770. The maximum atomic E-state index is 13.9. The highest BCUT2D eigenvalue weighted by molar-refractivity contribution is 6.15. The van der Waals surface area contributed by atoms with Crippen LogP contribution in [0, 0.1) is 19.7 Å². The molecule has 1 amide bonds. The lowest BCUT2D eigenvalue weighted by Gasteiger charge is -2.28. The van der Waals surface area contributed by atoms with Crippen molar-refractivity contribution < 1.29 is 18.3 Å². The first-order valence-corrected chi connectivity index (χ1v) is 8.71. The van der Waals surface area contributed by atoms with E-state index in [1.54, 1.807) is 26.0 Å². The number of carbonyl (C=O) groups excluding carboxylic acids is 1. The first kappa shape index (κ1) is 17.4. The van der Waals surface area contributed by atoms with Gasteiger partial charge in [0.25, 0.3) is 5.91 Å². The number of aryl methyl sites for hydroxylation is 2. The second kappa shape index (κ2) is 6.96. The van der Waals surface area contributed by atoms with Gasteiger partial charge in [-0.3, -0.25) is 4.79 Å². The van der Waals surface area contributed by atoms with Gasteiger partial charge in [-0.25, -0.2) is 9.37 Å². The van der Waals surface area contributed by atoms with Crippen LogP contribution in [0.3, 0.4) is 0 Å². The number of rotatable bonds is 3. The molecule has 0 saturated carbocycles. The van der Waals surface area contributed by atoms with Crippen LogP contribution < -0.4 is 10.2 Å². The minimum atomic E-state index is -0.503. The number of nitrogens with zero attached hydrogens (tertiary/aromatic N) is 3. The lowest BCUT2D eigenvalue weighted by Crippen LogP contribution is -2.37. The Kier molecular flexibility index (Phi) is 4.49. The maximum Gasteiger partial charge on any atom is 0.260 e. The first-order valence-electron chi connectivity index (χ1n) is 8.71. The zero-order chi connectivity index (χ0) is 19.0. The number of hydrogen-bond acceptors (Lipinski definition) is 6. The average molecular weight is 370 g/mol. The van der Waals surface area contributed by atoms with E-state index in [0.29, 0.717) is 60.4 Å². The zero-order valence-electron chi connectivity index (χ0n) is 15.1. The van der Waals surface area contributed by atoms with Crippen LogP contribution in [-0.4, -0.2) is 42.2 Å². The monoisotopic (exact) mass is 370 g/mol. The van der Waals surface area contributed by atoms with Crippen molar-refractivity contribution in [2.75, 3.05) is 36.5 Å². The van der Waals surface area contributed by atoms with Gasteiger partial charge in [0.05, 0.1) is 29.9 Å². The predicted octanol–water partition coefficient (Wildman–Crippen LogP) is 3.07. The van der Waals surface area contributed by atoms with Crippen molar-refractivity contribution in [1.29, 1.82) is 0 Å². The van der Waals surface area contributed by atoms with Crippen LogP contribution in [0.4, 0.5) is 15.9 Å². The lowest BCUT2D eigenvalue weighted by atomic mass is 10.1. The normalized spacial score (nSPS) is 14.6. The molecule has 4 rings (SSSR count). The summed E-state index contributed by atoms with van der Waals surface area (Å²) in [4.78, 5) is 23.9. The van der Waals surface area contributed by atoms with Crippen molar-refractivity contribution in [1.82, 2.24) is 9.97 Å². The van der Waals surface area contributed by atoms with E-state index in [1.807, 2.05) is 0 Å². The number of amides is 1. The largest absolute Gasteiger partial charge is 0.442 e. The van der Waals surface area contributed by atoms with Crippen molar-refractivity contribution in [2.24, 2.45) is 0 Å². The average Bonchev–Trinajstić information content (AvgIpc) is 2.99. The Morgan fingerprint density at radius 2 is 1.93 bits per heavy atom. The molecule has 0 unspecified atom stereocenters. The van der Waals surface area contributed by atoms with Crippen molar-refractivity contribution in [3.63, 3.8) is 0 Å². The molecule has 0 radical (unpaired) electrons. The van der Waals surface area contributed by atoms with E-state index < -0.39 is 11.7 Å².